The first kappa shape index (κ1) is 23.2. The molecule has 2 rings (SSSR count). The number of nitrogens with zero attached hydrogens (tertiary/aromatic N) is 2. The Morgan fingerprint density at radius 3 is 1.70 bits per heavy atom. The van der Waals surface area contributed by atoms with Gasteiger partial charge in [-0.25, -0.2) is 0 Å². The molecule has 0 bridgehead atoms. The van der Waals surface area contributed by atoms with Crippen LogP contribution < -0.4 is 0 Å². The van der Waals surface area contributed by atoms with Crippen molar-refractivity contribution in [2.75, 3.05) is 26.2 Å². The van der Waals surface area contributed by atoms with Crippen LogP contribution in [0.5, 0.6) is 0 Å². The lowest BCUT2D eigenvalue weighted by atomic mass is 9.76. The maximum absolute atomic E-state index is 11.3. The Bertz CT molecular complexity index is 447. The first-order valence-electron chi connectivity index (χ1n) is 11.6. The van der Waals surface area contributed by atoms with Crippen LogP contribution >= 0.6 is 0 Å². The van der Waals surface area contributed by atoms with Gasteiger partial charge in [-0.3, -0.25) is 9.80 Å². The molecule has 1 unspecified atom stereocenters. The van der Waals surface area contributed by atoms with Gasteiger partial charge in [-0.2, -0.15) is 0 Å². The fourth-order valence-electron chi connectivity index (χ4n) is 5.26. The van der Waals surface area contributed by atoms with Crippen molar-refractivity contribution in [3.8, 4) is 0 Å². The molecule has 2 heterocycles. The van der Waals surface area contributed by atoms with Crippen molar-refractivity contribution in [3.63, 3.8) is 0 Å². The van der Waals surface area contributed by atoms with Crippen LogP contribution in [0.25, 0.3) is 0 Å². The van der Waals surface area contributed by atoms with Crippen LogP contribution in [0.15, 0.2) is 0 Å². The standard InChI is InChI=1S/C24H48N2O/c1-19(2)20-9-15-26(16-10-20)23(6,7)13-14-24(8,27)21-11-17-25(18-12-21)22(3,4)5/h19-21,27H,9-18H2,1-8H3. The summed E-state index contributed by atoms with van der Waals surface area (Å²) in [5, 5.41) is 11.3. The van der Waals surface area contributed by atoms with Crippen molar-refractivity contribution < 1.29 is 5.11 Å². The zero-order valence-electron chi connectivity index (χ0n) is 19.6. The lowest BCUT2D eigenvalue weighted by Gasteiger charge is -2.47. The number of hydrogen-bond donors (Lipinski definition) is 1. The van der Waals surface area contributed by atoms with Crippen LogP contribution in [0.3, 0.4) is 0 Å². The molecule has 2 saturated heterocycles. The van der Waals surface area contributed by atoms with Crippen LogP contribution in [-0.4, -0.2) is 57.8 Å². The number of rotatable bonds is 6. The zero-order chi connectivity index (χ0) is 20.5. The summed E-state index contributed by atoms with van der Waals surface area (Å²) in [5.41, 5.74) is -0.0868. The third-order valence-electron chi connectivity index (χ3n) is 7.90. The molecule has 160 valence electrons. The molecule has 1 atom stereocenters. The molecule has 2 fully saturated rings. The van der Waals surface area contributed by atoms with Gasteiger partial charge in [0, 0.05) is 11.1 Å². The molecule has 0 spiro atoms. The third kappa shape index (κ3) is 6.18. The predicted molar refractivity (Wildman–Crippen MR) is 117 cm³/mol. The van der Waals surface area contributed by atoms with Crippen molar-refractivity contribution in [2.45, 2.75) is 111 Å². The molecule has 0 saturated carbocycles. The monoisotopic (exact) mass is 380 g/mol. The quantitative estimate of drug-likeness (QED) is 0.688. The van der Waals surface area contributed by atoms with Crippen LogP contribution in [0, 0.1) is 17.8 Å². The van der Waals surface area contributed by atoms with E-state index in [1.807, 2.05) is 0 Å². The lowest BCUT2D eigenvalue weighted by Crippen LogP contribution is -2.52. The lowest BCUT2D eigenvalue weighted by molar-refractivity contribution is -0.0564. The highest BCUT2D eigenvalue weighted by Crippen LogP contribution is 2.37. The Labute approximate surface area is 169 Å². The topological polar surface area (TPSA) is 26.7 Å². The van der Waals surface area contributed by atoms with E-state index in [1.54, 1.807) is 0 Å². The minimum Gasteiger partial charge on any atom is -0.390 e. The van der Waals surface area contributed by atoms with Gasteiger partial charge in [-0.15, -0.1) is 0 Å². The van der Waals surface area contributed by atoms with E-state index in [-0.39, 0.29) is 11.1 Å². The minimum absolute atomic E-state index is 0.193. The van der Waals surface area contributed by atoms with E-state index >= 15 is 0 Å². The molecule has 0 radical (unpaired) electrons. The molecule has 27 heavy (non-hydrogen) atoms. The van der Waals surface area contributed by atoms with Gasteiger partial charge in [-0.1, -0.05) is 13.8 Å². The molecule has 2 aliphatic heterocycles. The van der Waals surface area contributed by atoms with Crippen molar-refractivity contribution in [1.82, 2.24) is 9.80 Å². The van der Waals surface area contributed by atoms with Crippen LogP contribution in [0.4, 0.5) is 0 Å². The second-order valence-electron chi connectivity index (χ2n) is 11.7. The summed E-state index contributed by atoms with van der Waals surface area (Å²) in [6, 6.07) is 0. The second kappa shape index (κ2) is 8.71. The van der Waals surface area contributed by atoms with E-state index in [1.165, 1.54) is 25.9 Å². The van der Waals surface area contributed by atoms with Crippen molar-refractivity contribution in [3.05, 3.63) is 0 Å². The molecular weight excluding hydrogens is 332 g/mol. The van der Waals surface area contributed by atoms with E-state index in [4.69, 9.17) is 0 Å². The van der Waals surface area contributed by atoms with Gasteiger partial charge < -0.3 is 5.11 Å². The number of hydrogen-bond acceptors (Lipinski definition) is 3. The van der Waals surface area contributed by atoms with Crippen molar-refractivity contribution in [2.24, 2.45) is 17.8 Å². The molecular formula is C24H48N2O. The van der Waals surface area contributed by atoms with E-state index in [0.717, 1.165) is 50.6 Å². The van der Waals surface area contributed by atoms with E-state index in [2.05, 4.69) is 65.2 Å². The van der Waals surface area contributed by atoms with Gasteiger partial charge in [0.1, 0.15) is 0 Å². The fraction of sp³-hybridized carbons (Fsp3) is 1.00. The number of piperidine rings is 2. The maximum atomic E-state index is 11.3. The van der Waals surface area contributed by atoms with E-state index < -0.39 is 5.60 Å². The Morgan fingerprint density at radius 1 is 0.778 bits per heavy atom. The average Bonchev–Trinajstić information content (AvgIpc) is 2.60. The van der Waals surface area contributed by atoms with Crippen LogP contribution in [-0.2, 0) is 0 Å². The molecule has 0 amide bonds. The summed E-state index contributed by atoms with van der Waals surface area (Å²) in [4.78, 5) is 5.26. The molecule has 2 aliphatic rings. The molecule has 3 heteroatoms. The first-order valence-corrected chi connectivity index (χ1v) is 11.6. The number of aliphatic hydroxyl groups is 1. The Balaban J connectivity index is 1.83. The Morgan fingerprint density at radius 2 is 1.26 bits per heavy atom. The van der Waals surface area contributed by atoms with E-state index in [0.29, 0.717) is 5.92 Å². The van der Waals surface area contributed by atoms with Gasteiger partial charge in [0.25, 0.3) is 0 Å². The molecule has 0 aliphatic carbocycles. The molecule has 1 N–H and O–H groups in total. The highest BCUT2D eigenvalue weighted by Gasteiger charge is 2.39. The highest BCUT2D eigenvalue weighted by molar-refractivity contribution is 4.93. The predicted octanol–water partition coefficient (Wildman–Crippen LogP) is 5.17. The van der Waals surface area contributed by atoms with Gasteiger partial charge in [0.15, 0.2) is 0 Å². The minimum atomic E-state index is -0.530. The summed E-state index contributed by atoms with van der Waals surface area (Å²) in [7, 11) is 0. The highest BCUT2D eigenvalue weighted by atomic mass is 16.3. The summed E-state index contributed by atoms with van der Waals surface area (Å²) in [6.45, 7) is 23.2. The summed E-state index contributed by atoms with van der Waals surface area (Å²) in [6.07, 6.45) is 6.94. The number of likely N-dealkylation sites (tertiary alicyclic amines) is 2. The third-order valence-corrected chi connectivity index (χ3v) is 7.90. The summed E-state index contributed by atoms with van der Waals surface area (Å²) < 4.78 is 0. The first-order chi connectivity index (χ1) is 12.3. The van der Waals surface area contributed by atoms with Crippen LogP contribution in [0.2, 0.25) is 0 Å². The average molecular weight is 381 g/mol. The SMILES string of the molecule is CC(C)C1CCN(C(C)(C)CCC(C)(O)C2CCN(C(C)(C)C)CC2)CC1. The largest absolute Gasteiger partial charge is 0.390 e. The molecule has 0 aromatic rings. The van der Waals surface area contributed by atoms with Gasteiger partial charge in [-0.05, 0) is 124 Å². The normalized spacial score (nSPS) is 25.1. The van der Waals surface area contributed by atoms with E-state index in [9.17, 15) is 5.11 Å². The summed E-state index contributed by atoms with van der Waals surface area (Å²) in [5.74, 6) is 2.15. The van der Waals surface area contributed by atoms with Gasteiger partial charge in [0.05, 0.1) is 5.60 Å². The van der Waals surface area contributed by atoms with Crippen LogP contribution in [0.1, 0.15) is 93.9 Å². The Hall–Kier alpha value is -0.120. The van der Waals surface area contributed by atoms with Crippen molar-refractivity contribution in [1.29, 1.82) is 0 Å². The smallest absolute Gasteiger partial charge is 0.0649 e. The van der Waals surface area contributed by atoms with Crippen molar-refractivity contribution >= 4 is 0 Å². The van der Waals surface area contributed by atoms with Gasteiger partial charge in [0.2, 0.25) is 0 Å². The summed E-state index contributed by atoms with van der Waals surface area (Å²) >= 11 is 0. The second-order valence-corrected chi connectivity index (χ2v) is 11.7. The zero-order valence-corrected chi connectivity index (χ0v) is 19.6. The molecule has 0 aromatic heterocycles. The molecule has 0 aromatic carbocycles. The maximum Gasteiger partial charge on any atom is 0.0649 e. The molecule has 3 nitrogen and oxygen atoms in total. The van der Waals surface area contributed by atoms with Gasteiger partial charge >= 0.3 is 0 Å². The fourth-order valence-corrected chi connectivity index (χ4v) is 5.26. The Kier molecular flexibility index (Phi) is 7.47.